The van der Waals surface area contributed by atoms with Gasteiger partial charge in [0.1, 0.15) is 6.10 Å². The quantitative estimate of drug-likeness (QED) is 0.102. The zero-order chi connectivity index (χ0) is 46.1. The largest absolute Gasteiger partial charge is 0.384 e. The van der Waals surface area contributed by atoms with Crippen LogP contribution >= 0.6 is 0 Å². The molecule has 1 aliphatic carbocycles. The van der Waals surface area contributed by atoms with Crippen LogP contribution in [-0.4, -0.2) is 36.7 Å². The van der Waals surface area contributed by atoms with Gasteiger partial charge in [0, 0.05) is 67.6 Å². The van der Waals surface area contributed by atoms with Crippen LogP contribution in [-0.2, 0) is 4.79 Å². The molecule has 3 aromatic heterocycles. The maximum Gasteiger partial charge on any atom is 0.224 e. The topological polar surface area (TPSA) is 124 Å². The van der Waals surface area contributed by atoms with E-state index >= 15 is 0 Å². The van der Waals surface area contributed by atoms with Gasteiger partial charge in [-0.25, -0.2) is 9.97 Å². The first kappa shape index (κ1) is 42.2. The van der Waals surface area contributed by atoms with Crippen molar-refractivity contribution < 1.29 is 14.7 Å². The molecule has 0 fully saturated rings. The van der Waals surface area contributed by atoms with Gasteiger partial charge in [-0.15, -0.1) is 0 Å². The molecule has 0 spiro atoms. The summed E-state index contributed by atoms with van der Waals surface area (Å²) in [6, 6.07) is 54.8. The van der Waals surface area contributed by atoms with E-state index in [1.165, 1.54) is 0 Å². The van der Waals surface area contributed by atoms with Crippen molar-refractivity contribution in [3.63, 3.8) is 0 Å². The molecular weight excluding hydrogens is 839 g/mol. The number of ketones is 1. The Morgan fingerprint density at radius 3 is 1.40 bits per heavy atom. The molecule has 1 atom stereocenters. The number of hydrogen-bond acceptors (Lipinski definition) is 5. The zero-order valence-electron chi connectivity index (χ0n) is 37.5. The molecule has 8 heteroatoms. The molecule has 68 heavy (non-hydrogen) atoms. The molecule has 3 aliphatic rings. The van der Waals surface area contributed by atoms with Gasteiger partial charge in [-0.2, -0.15) is 0 Å². The number of unbranched alkanes of at least 4 members (excludes halogenated alkanes) is 1. The Morgan fingerprint density at radius 2 is 0.941 bits per heavy atom. The Morgan fingerprint density at radius 1 is 0.529 bits per heavy atom. The van der Waals surface area contributed by atoms with E-state index in [1.54, 1.807) is 12.1 Å². The number of aliphatic hydroxyl groups is 1. The second-order valence-electron chi connectivity index (χ2n) is 17.4. The Labute approximate surface area is 394 Å². The monoisotopic (exact) mass is 885 g/mol. The summed E-state index contributed by atoms with van der Waals surface area (Å²) in [5, 5.41) is 14.0. The first-order valence-electron chi connectivity index (χ1n) is 23.1. The van der Waals surface area contributed by atoms with E-state index in [1.807, 2.05) is 61.5 Å². The second kappa shape index (κ2) is 18.1. The highest BCUT2D eigenvalue weighted by atomic mass is 16.3. The summed E-state index contributed by atoms with van der Waals surface area (Å²) < 4.78 is 0. The molecule has 2 aliphatic heterocycles. The van der Waals surface area contributed by atoms with Crippen LogP contribution in [0, 0.1) is 0 Å². The number of fused-ring (bicyclic) bond motifs is 9. The first-order valence-corrected chi connectivity index (χ1v) is 23.1. The van der Waals surface area contributed by atoms with Gasteiger partial charge in [-0.3, -0.25) is 9.59 Å². The van der Waals surface area contributed by atoms with Crippen LogP contribution in [0.2, 0.25) is 0 Å². The molecule has 1 unspecified atom stereocenters. The molecule has 8 nitrogen and oxygen atoms in total. The van der Waals surface area contributed by atoms with Gasteiger partial charge >= 0.3 is 0 Å². The van der Waals surface area contributed by atoms with Crippen molar-refractivity contribution in [3.05, 3.63) is 209 Å². The summed E-state index contributed by atoms with van der Waals surface area (Å²) in [5.74, 6) is -0.138. The van der Waals surface area contributed by atoms with Crippen LogP contribution in [0.3, 0.4) is 0 Å². The van der Waals surface area contributed by atoms with E-state index in [9.17, 15) is 14.7 Å². The Kier molecular flexibility index (Phi) is 11.2. The smallest absolute Gasteiger partial charge is 0.224 e. The number of nitrogens with one attached hydrogen (secondary N) is 3. The van der Waals surface area contributed by atoms with E-state index in [0.717, 1.165) is 89.4 Å². The van der Waals surface area contributed by atoms with Crippen LogP contribution in [0.25, 0.3) is 90.9 Å². The molecular formula is C60H47N5O3. The minimum atomic E-state index is -0.791. The highest BCUT2D eigenvalue weighted by molar-refractivity contribution is 6.11. The highest BCUT2D eigenvalue weighted by Crippen LogP contribution is 2.39. The molecule has 5 aromatic carbocycles. The number of hydrogen-bond donors (Lipinski definition) is 4. The summed E-state index contributed by atoms with van der Waals surface area (Å²) in [6.07, 6.45) is 9.66. The zero-order valence-corrected chi connectivity index (χ0v) is 37.5. The number of anilines is 1. The first-order chi connectivity index (χ1) is 33.4. The van der Waals surface area contributed by atoms with Gasteiger partial charge < -0.3 is 20.4 Å². The van der Waals surface area contributed by atoms with E-state index in [2.05, 4.69) is 137 Å². The fraction of sp³-hybridized carbons (Fsp3) is 0.100. The minimum absolute atomic E-state index is 0.0365. The maximum absolute atomic E-state index is 13.3. The average molecular weight is 886 g/mol. The number of carbonyl (C=O) groups excluding carboxylic acids is 2. The predicted octanol–water partition coefficient (Wildman–Crippen LogP) is 14.1. The number of nitrogens with zero attached hydrogens (tertiary/aromatic N) is 2. The van der Waals surface area contributed by atoms with Crippen molar-refractivity contribution in [3.8, 4) is 44.5 Å². The number of benzene rings is 5. The van der Waals surface area contributed by atoms with Gasteiger partial charge in [0.15, 0.2) is 5.78 Å². The SMILES string of the molecule is CC1=C(CCCCC(=O)Nc2ccc(-c3c4nc(c(-c5ccccc5)c5ccc([nH]5)c(-c5ccccc5)c5nc(c(-c6ccccc6)c6ccc3[nH]6)C=C5)C=C4)cc2)C(=O)c2ccccc2C1O. The van der Waals surface area contributed by atoms with Gasteiger partial charge in [0.2, 0.25) is 5.91 Å². The van der Waals surface area contributed by atoms with Crippen molar-refractivity contribution in [2.24, 2.45) is 0 Å². The lowest BCUT2D eigenvalue weighted by atomic mass is 9.82. The summed E-state index contributed by atoms with van der Waals surface area (Å²) >= 11 is 0. The van der Waals surface area contributed by atoms with E-state index < -0.39 is 6.10 Å². The lowest BCUT2D eigenvalue weighted by Crippen LogP contribution is -2.19. The Balaban J connectivity index is 0.983. The average Bonchev–Trinajstić information content (AvgIpc) is 4.23. The third-order valence-corrected chi connectivity index (χ3v) is 13.1. The molecule has 8 bridgehead atoms. The summed E-state index contributed by atoms with van der Waals surface area (Å²) in [6.45, 7) is 1.82. The number of aromatic nitrogens is 4. The standard InChI is InChI=1S/C60H47N5O3/c1-37-43(60(68)45-23-12-11-22-44(45)59(37)67)21-13-14-24-54(66)61-42-27-25-41(26-28-42)58-52-35-33-50(64-52)56(39-17-7-3-8-18-39)48-31-29-46(62-48)55(38-15-5-2-6-16-38)47-30-32-49(63-47)57(40-19-9-4-10-20-40)51-34-36-53(58)65-51/h2-12,15-20,22-23,25-36,59,62,65,67H,13-14,21,24H2,1H3,(H,61,66). The second-order valence-corrected chi connectivity index (χ2v) is 17.4. The maximum atomic E-state index is 13.3. The van der Waals surface area contributed by atoms with E-state index in [4.69, 9.17) is 9.97 Å². The molecule has 5 heterocycles. The summed E-state index contributed by atoms with van der Waals surface area (Å²) in [4.78, 5) is 45.0. The molecule has 0 radical (unpaired) electrons. The Bertz CT molecular complexity index is 3490. The molecule has 8 aromatic rings. The van der Waals surface area contributed by atoms with Gasteiger partial charge in [0.05, 0.1) is 22.8 Å². The number of carbonyl (C=O) groups is 2. The van der Waals surface area contributed by atoms with E-state index in [-0.39, 0.29) is 11.7 Å². The van der Waals surface area contributed by atoms with Crippen molar-refractivity contribution in [1.82, 2.24) is 19.9 Å². The number of aliphatic hydroxyl groups excluding tert-OH is 1. The minimum Gasteiger partial charge on any atom is -0.384 e. The van der Waals surface area contributed by atoms with E-state index in [0.29, 0.717) is 53.6 Å². The molecule has 330 valence electrons. The van der Waals surface area contributed by atoms with Crippen molar-refractivity contribution in [2.45, 2.75) is 38.7 Å². The lowest BCUT2D eigenvalue weighted by Gasteiger charge is -2.24. The van der Waals surface area contributed by atoms with Gasteiger partial charge in [0.25, 0.3) is 0 Å². The van der Waals surface area contributed by atoms with Crippen LogP contribution in [0.15, 0.2) is 175 Å². The summed E-state index contributed by atoms with van der Waals surface area (Å²) in [5.41, 5.74) is 18.1. The fourth-order valence-corrected chi connectivity index (χ4v) is 9.76. The third kappa shape index (κ3) is 8.01. The van der Waals surface area contributed by atoms with Crippen LogP contribution in [0.4, 0.5) is 5.69 Å². The van der Waals surface area contributed by atoms with Crippen molar-refractivity contribution in [1.29, 1.82) is 0 Å². The van der Waals surface area contributed by atoms with Crippen LogP contribution < -0.4 is 5.32 Å². The molecule has 4 N–H and O–H groups in total. The predicted molar refractivity (Wildman–Crippen MR) is 276 cm³/mol. The van der Waals surface area contributed by atoms with Crippen LogP contribution in [0.1, 0.15) is 77.4 Å². The molecule has 11 rings (SSSR count). The number of H-pyrrole nitrogens is 2. The molecule has 0 saturated heterocycles. The third-order valence-electron chi connectivity index (χ3n) is 13.1. The number of allylic oxidation sites excluding steroid dienone is 1. The molecule has 0 saturated carbocycles. The Hall–Kier alpha value is -8.46. The number of aromatic amines is 2. The highest BCUT2D eigenvalue weighted by Gasteiger charge is 2.29. The van der Waals surface area contributed by atoms with Crippen LogP contribution in [0.5, 0.6) is 0 Å². The van der Waals surface area contributed by atoms with Crippen molar-refractivity contribution in [2.75, 3.05) is 5.32 Å². The summed E-state index contributed by atoms with van der Waals surface area (Å²) in [7, 11) is 0. The molecule has 1 amide bonds. The van der Waals surface area contributed by atoms with Crippen molar-refractivity contribution >= 4 is 63.7 Å². The number of amides is 1. The number of Topliss-reactive ketones (excluding diaryl/α,β-unsaturated/α-hetero) is 1. The normalized spacial score (nSPS) is 14.0. The van der Waals surface area contributed by atoms with Gasteiger partial charge in [-0.05, 0) is 120 Å². The number of rotatable bonds is 10. The van der Waals surface area contributed by atoms with Gasteiger partial charge in [-0.1, -0.05) is 127 Å². The fourth-order valence-electron chi connectivity index (χ4n) is 9.76. The lowest BCUT2D eigenvalue weighted by molar-refractivity contribution is -0.116.